The highest BCUT2D eigenvalue weighted by Crippen LogP contribution is 2.33. The minimum absolute atomic E-state index is 0.336. The van der Waals surface area contributed by atoms with Gasteiger partial charge in [0.1, 0.15) is 0 Å². The van der Waals surface area contributed by atoms with E-state index in [4.69, 9.17) is 9.47 Å². The summed E-state index contributed by atoms with van der Waals surface area (Å²) in [6.45, 7) is 5.90. The van der Waals surface area contributed by atoms with Crippen LogP contribution in [0, 0.1) is 0 Å². The number of nitrogens with zero attached hydrogens (tertiary/aromatic N) is 1. The molecule has 4 heteroatoms. The van der Waals surface area contributed by atoms with Gasteiger partial charge in [-0.15, -0.1) is 0 Å². The van der Waals surface area contributed by atoms with E-state index in [1.165, 1.54) is 18.4 Å². The van der Waals surface area contributed by atoms with Gasteiger partial charge in [0.05, 0.1) is 13.2 Å². The standard InChI is InChI=1S/C17H26N2O2/c1-3-19(14-6-7-14)12-15(18-2)13-5-8-16-17(11-13)21-10-4-9-20-16/h5,8,11,14-15,18H,3-4,6-7,9-10,12H2,1-2H3. The van der Waals surface area contributed by atoms with Crippen LogP contribution in [0.15, 0.2) is 18.2 Å². The van der Waals surface area contributed by atoms with Gasteiger partial charge >= 0.3 is 0 Å². The second kappa shape index (κ2) is 6.67. The Hall–Kier alpha value is -1.26. The van der Waals surface area contributed by atoms with Crippen LogP contribution in [-0.2, 0) is 0 Å². The van der Waals surface area contributed by atoms with Gasteiger partial charge in [-0.1, -0.05) is 13.0 Å². The van der Waals surface area contributed by atoms with E-state index in [9.17, 15) is 0 Å². The van der Waals surface area contributed by atoms with Crippen LogP contribution in [0.5, 0.6) is 11.5 Å². The molecule has 0 aromatic heterocycles. The SMILES string of the molecule is CCN(CC(NC)c1ccc2c(c1)OCCCO2)C1CC1. The van der Waals surface area contributed by atoms with Crippen molar-refractivity contribution in [2.75, 3.05) is 33.4 Å². The van der Waals surface area contributed by atoms with Crippen molar-refractivity contribution in [2.45, 2.75) is 38.3 Å². The lowest BCUT2D eigenvalue weighted by Crippen LogP contribution is -2.35. The molecule has 1 fully saturated rings. The van der Waals surface area contributed by atoms with Gasteiger partial charge in [0.2, 0.25) is 0 Å². The summed E-state index contributed by atoms with van der Waals surface area (Å²) < 4.78 is 11.5. The van der Waals surface area contributed by atoms with Crippen LogP contribution in [0.25, 0.3) is 0 Å². The van der Waals surface area contributed by atoms with Crippen LogP contribution in [-0.4, -0.2) is 44.3 Å². The van der Waals surface area contributed by atoms with Crippen molar-refractivity contribution in [3.8, 4) is 11.5 Å². The minimum Gasteiger partial charge on any atom is -0.490 e. The first kappa shape index (κ1) is 14.7. The quantitative estimate of drug-likeness (QED) is 0.873. The van der Waals surface area contributed by atoms with Gasteiger partial charge in [-0.3, -0.25) is 4.90 Å². The van der Waals surface area contributed by atoms with E-state index in [0.29, 0.717) is 6.04 Å². The van der Waals surface area contributed by atoms with Crippen molar-refractivity contribution in [3.63, 3.8) is 0 Å². The van der Waals surface area contributed by atoms with E-state index < -0.39 is 0 Å². The van der Waals surface area contributed by atoms with Crippen molar-refractivity contribution < 1.29 is 9.47 Å². The third-order valence-corrected chi connectivity index (χ3v) is 4.41. The lowest BCUT2D eigenvalue weighted by molar-refractivity contribution is 0.248. The molecule has 0 spiro atoms. The van der Waals surface area contributed by atoms with Crippen LogP contribution < -0.4 is 14.8 Å². The normalized spacial score (nSPS) is 19.4. The summed E-state index contributed by atoms with van der Waals surface area (Å²) in [5, 5.41) is 3.45. The Morgan fingerprint density at radius 3 is 2.67 bits per heavy atom. The van der Waals surface area contributed by atoms with Crippen molar-refractivity contribution in [1.29, 1.82) is 0 Å². The average Bonchev–Trinajstić information content (AvgIpc) is 3.34. The first-order chi connectivity index (χ1) is 10.3. The maximum Gasteiger partial charge on any atom is 0.161 e. The molecule has 0 radical (unpaired) electrons. The van der Waals surface area contributed by atoms with E-state index in [0.717, 1.165) is 50.3 Å². The summed E-state index contributed by atoms with van der Waals surface area (Å²) in [4.78, 5) is 2.57. The lowest BCUT2D eigenvalue weighted by atomic mass is 10.1. The van der Waals surface area contributed by atoms with E-state index in [1.807, 2.05) is 13.1 Å². The Balaban J connectivity index is 1.75. The molecule has 1 aromatic carbocycles. The number of ether oxygens (including phenoxy) is 2. The van der Waals surface area contributed by atoms with Crippen molar-refractivity contribution >= 4 is 0 Å². The number of likely N-dealkylation sites (N-methyl/N-ethyl adjacent to an activating group) is 2. The zero-order valence-corrected chi connectivity index (χ0v) is 13.1. The summed E-state index contributed by atoms with van der Waals surface area (Å²) >= 11 is 0. The smallest absolute Gasteiger partial charge is 0.161 e. The third kappa shape index (κ3) is 3.50. The molecule has 1 unspecified atom stereocenters. The van der Waals surface area contributed by atoms with Gasteiger partial charge < -0.3 is 14.8 Å². The van der Waals surface area contributed by atoms with Crippen LogP contribution in [0.4, 0.5) is 0 Å². The molecule has 1 atom stereocenters. The highest BCUT2D eigenvalue weighted by atomic mass is 16.5. The molecule has 116 valence electrons. The Kier molecular flexibility index (Phi) is 4.66. The van der Waals surface area contributed by atoms with Gasteiger partial charge in [-0.25, -0.2) is 0 Å². The summed E-state index contributed by atoms with van der Waals surface area (Å²) in [5.74, 6) is 1.76. The van der Waals surface area contributed by atoms with Crippen LogP contribution in [0.2, 0.25) is 0 Å². The number of nitrogens with one attached hydrogen (secondary N) is 1. The minimum atomic E-state index is 0.336. The van der Waals surface area contributed by atoms with Crippen molar-refractivity contribution in [1.82, 2.24) is 10.2 Å². The molecule has 1 heterocycles. The van der Waals surface area contributed by atoms with Crippen molar-refractivity contribution in [2.24, 2.45) is 0 Å². The highest BCUT2D eigenvalue weighted by molar-refractivity contribution is 5.44. The van der Waals surface area contributed by atoms with E-state index in [-0.39, 0.29) is 0 Å². The molecule has 1 aliphatic heterocycles. The zero-order valence-electron chi connectivity index (χ0n) is 13.1. The van der Waals surface area contributed by atoms with Gasteiger partial charge in [0.15, 0.2) is 11.5 Å². The van der Waals surface area contributed by atoms with Gasteiger partial charge in [-0.2, -0.15) is 0 Å². The average molecular weight is 290 g/mol. The summed E-state index contributed by atoms with van der Waals surface area (Å²) in [7, 11) is 2.04. The Labute approximate surface area is 127 Å². The van der Waals surface area contributed by atoms with Crippen LogP contribution in [0.3, 0.4) is 0 Å². The molecule has 21 heavy (non-hydrogen) atoms. The largest absolute Gasteiger partial charge is 0.490 e. The molecule has 1 N–H and O–H groups in total. The fourth-order valence-corrected chi connectivity index (χ4v) is 2.97. The second-order valence-electron chi connectivity index (χ2n) is 5.92. The number of benzene rings is 1. The van der Waals surface area contributed by atoms with Crippen LogP contribution in [0.1, 0.15) is 37.8 Å². The molecule has 3 rings (SSSR count). The highest BCUT2D eigenvalue weighted by Gasteiger charge is 2.29. The zero-order chi connectivity index (χ0) is 14.7. The van der Waals surface area contributed by atoms with Gasteiger partial charge in [-0.05, 0) is 44.1 Å². The maximum absolute atomic E-state index is 5.81. The Bertz CT molecular complexity index is 474. The lowest BCUT2D eigenvalue weighted by Gasteiger charge is -2.27. The molecule has 1 aromatic rings. The fraction of sp³-hybridized carbons (Fsp3) is 0.647. The number of hydrogen-bond acceptors (Lipinski definition) is 4. The predicted molar refractivity (Wildman–Crippen MR) is 84.1 cm³/mol. The second-order valence-corrected chi connectivity index (χ2v) is 5.92. The molecule has 0 bridgehead atoms. The first-order valence-corrected chi connectivity index (χ1v) is 8.12. The van der Waals surface area contributed by atoms with E-state index in [2.05, 4.69) is 29.3 Å². The summed E-state index contributed by atoms with van der Waals surface area (Å²) in [5.41, 5.74) is 1.28. The topological polar surface area (TPSA) is 33.7 Å². The molecule has 4 nitrogen and oxygen atoms in total. The van der Waals surface area contributed by atoms with Gasteiger partial charge in [0, 0.05) is 25.0 Å². The van der Waals surface area contributed by atoms with Gasteiger partial charge in [0.25, 0.3) is 0 Å². The van der Waals surface area contributed by atoms with Crippen molar-refractivity contribution in [3.05, 3.63) is 23.8 Å². The Morgan fingerprint density at radius 1 is 1.24 bits per heavy atom. The molecular weight excluding hydrogens is 264 g/mol. The summed E-state index contributed by atoms with van der Waals surface area (Å²) in [6.07, 6.45) is 3.65. The van der Waals surface area contributed by atoms with E-state index in [1.54, 1.807) is 0 Å². The molecule has 0 amide bonds. The number of fused-ring (bicyclic) bond motifs is 1. The van der Waals surface area contributed by atoms with E-state index >= 15 is 0 Å². The predicted octanol–water partition coefficient (Wildman–Crippen LogP) is 2.59. The maximum atomic E-state index is 5.81. The summed E-state index contributed by atoms with van der Waals surface area (Å²) in [6, 6.07) is 7.49. The third-order valence-electron chi connectivity index (χ3n) is 4.41. The van der Waals surface area contributed by atoms with Crippen LogP contribution >= 0.6 is 0 Å². The molecule has 0 saturated heterocycles. The molecule has 1 saturated carbocycles. The number of hydrogen-bond donors (Lipinski definition) is 1. The first-order valence-electron chi connectivity index (χ1n) is 8.12. The molecular formula is C17H26N2O2. The molecule has 2 aliphatic rings. The monoisotopic (exact) mass is 290 g/mol. The fourth-order valence-electron chi connectivity index (χ4n) is 2.97. The Morgan fingerprint density at radius 2 is 2.00 bits per heavy atom. The number of rotatable bonds is 6. The molecule has 1 aliphatic carbocycles.